The van der Waals surface area contributed by atoms with Crippen LogP contribution in [0.25, 0.3) is 0 Å². The van der Waals surface area contributed by atoms with Crippen LogP contribution in [-0.2, 0) is 4.79 Å². The van der Waals surface area contributed by atoms with E-state index in [0.717, 1.165) is 5.56 Å². The largest absolute Gasteiger partial charge is 0.550 e. The van der Waals surface area contributed by atoms with Crippen molar-refractivity contribution in [2.45, 2.75) is 19.4 Å². The number of rotatable bonds is 5. The number of hydrogen-bond acceptors (Lipinski definition) is 3. The minimum absolute atomic E-state index is 0.306. The molecular weight excluding hydrogens is 302 g/mol. The van der Waals surface area contributed by atoms with E-state index in [1.165, 1.54) is 0 Å². The Bertz CT molecular complexity index is 665. The van der Waals surface area contributed by atoms with Crippen LogP contribution in [0.3, 0.4) is 0 Å². The third-order valence-electron chi connectivity index (χ3n) is 3.26. The van der Waals surface area contributed by atoms with E-state index < -0.39 is 12.0 Å². The lowest BCUT2D eigenvalue weighted by Crippen LogP contribution is -2.34. The molecule has 0 heterocycles. The summed E-state index contributed by atoms with van der Waals surface area (Å²) in [7, 11) is 0. The van der Waals surface area contributed by atoms with Gasteiger partial charge >= 0.3 is 0 Å². The average Bonchev–Trinajstić information content (AvgIpc) is 2.47. The summed E-state index contributed by atoms with van der Waals surface area (Å²) in [6, 6.07) is 13.0. The fraction of sp³-hybridized carbons (Fsp3) is 0.176. The van der Waals surface area contributed by atoms with Crippen LogP contribution in [0.2, 0.25) is 5.02 Å². The smallest absolute Gasteiger partial charge is 0.251 e. The summed E-state index contributed by atoms with van der Waals surface area (Å²) >= 11 is 5.82. The Labute approximate surface area is 133 Å². The molecule has 0 bridgehead atoms. The molecule has 2 rings (SSSR count). The Morgan fingerprint density at radius 3 is 2.23 bits per heavy atom. The molecule has 0 aliphatic heterocycles. The number of aliphatic carboxylic acids is 1. The highest BCUT2D eigenvalue weighted by molar-refractivity contribution is 6.30. The maximum absolute atomic E-state index is 12.2. The molecule has 0 spiro atoms. The van der Waals surface area contributed by atoms with Crippen molar-refractivity contribution < 1.29 is 14.7 Å². The fourth-order valence-corrected chi connectivity index (χ4v) is 2.19. The first kappa shape index (κ1) is 16.0. The second kappa shape index (κ2) is 7.09. The minimum atomic E-state index is -1.23. The molecule has 2 aromatic rings. The lowest BCUT2D eigenvalue weighted by Gasteiger charge is -2.20. The Balaban J connectivity index is 2.19. The lowest BCUT2D eigenvalue weighted by molar-refractivity contribution is -0.306. The molecule has 0 unspecified atom stereocenters. The summed E-state index contributed by atoms with van der Waals surface area (Å²) in [4.78, 5) is 23.2. The normalized spacial score (nSPS) is 11.7. The molecule has 0 aromatic heterocycles. The summed E-state index contributed by atoms with van der Waals surface area (Å²) in [6.07, 6.45) is -0.306. The number of carboxylic acids is 1. The lowest BCUT2D eigenvalue weighted by atomic mass is 10.0. The number of amides is 1. The van der Waals surface area contributed by atoms with Crippen LogP contribution in [0.4, 0.5) is 0 Å². The van der Waals surface area contributed by atoms with E-state index in [2.05, 4.69) is 5.32 Å². The molecule has 2 aromatic carbocycles. The van der Waals surface area contributed by atoms with Crippen molar-refractivity contribution in [2.75, 3.05) is 0 Å². The monoisotopic (exact) mass is 316 g/mol. The van der Waals surface area contributed by atoms with Gasteiger partial charge in [0.15, 0.2) is 0 Å². The highest BCUT2D eigenvalue weighted by Crippen LogP contribution is 2.20. The SMILES string of the molecule is Cc1ccc(C(=O)N[C@@H](CC(=O)[O-])c2ccc(Cl)cc2)cc1. The van der Waals surface area contributed by atoms with Crippen molar-refractivity contribution in [3.05, 3.63) is 70.2 Å². The summed E-state index contributed by atoms with van der Waals surface area (Å²) in [5.41, 5.74) is 2.18. The Morgan fingerprint density at radius 1 is 1.09 bits per heavy atom. The van der Waals surface area contributed by atoms with E-state index in [4.69, 9.17) is 11.6 Å². The number of carbonyl (C=O) groups is 2. The highest BCUT2D eigenvalue weighted by Gasteiger charge is 2.16. The highest BCUT2D eigenvalue weighted by atomic mass is 35.5. The van der Waals surface area contributed by atoms with Gasteiger partial charge < -0.3 is 15.2 Å². The maximum Gasteiger partial charge on any atom is 0.251 e. The molecule has 4 nitrogen and oxygen atoms in total. The van der Waals surface area contributed by atoms with Crippen LogP contribution in [0.5, 0.6) is 0 Å². The van der Waals surface area contributed by atoms with Crippen molar-refractivity contribution in [1.29, 1.82) is 0 Å². The van der Waals surface area contributed by atoms with Crippen LogP contribution in [-0.4, -0.2) is 11.9 Å². The van der Waals surface area contributed by atoms with Crippen LogP contribution in [0, 0.1) is 6.92 Å². The van der Waals surface area contributed by atoms with Gasteiger partial charge in [-0.05, 0) is 36.8 Å². The molecule has 0 aliphatic rings. The van der Waals surface area contributed by atoms with Crippen LogP contribution < -0.4 is 10.4 Å². The minimum Gasteiger partial charge on any atom is -0.550 e. The van der Waals surface area contributed by atoms with Crippen molar-refractivity contribution in [2.24, 2.45) is 0 Å². The van der Waals surface area contributed by atoms with Gasteiger partial charge in [-0.15, -0.1) is 0 Å². The van der Waals surface area contributed by atoms with Crippen molar-refractivity contribution in [3.63, 3.8) is 0 Å². The second-order valence-electron chi connectivity index (χ2n) is 5.02. The zero-order valence-electron chi connectivity index (χ0n) is 12.0. The first-order valence-electron chi connectivity index (χ1n) is 6.78. The van der Waals surface area contributed by atoms with E-state index in [0.29, 0.717) is 16.1 Å². The first-order chi connectivity index (χ1) is 10.5. The third kappa shape index (κ3) is 4.33. The zero-order valence-corrected chi connectivity index (χ0v) is 12.8. The third-order valence-corrected chi connectivity index (χ3v) is 3.51. The molecule has 22 heavy (non-hydrogen) atoms. The van der Waals surface area contributed by atoms with Gasteiger partial charge in [0.05, 0.1) is 6.04 Å². The summed E-state index contributed by atoms with van der Waals surface area (Å²) in [6.45, 7) is 1.92. The number of hydrogen-bond donors (Lipinski definition) is 1. The summed E-state index contributed by atoms with van der Waals surface area (Å²) < 4.78 is 0. The molecule has 0 aliphatic carbocycles. The zero-order chi connectivity index (χ0) is 16.1. The molecule has 0 radical (unpaired) electrons. The quantitative estimate of drug-likeness (QED) is 0.920. The molecule has 0 fully saturated rings. The second-order valence-corrected chi connectivity index (χ2v) is 5.46. The van der Waals surface area contributed by atoms with Crippen molar-refractivity contribution in [3.8, 4) is 0 Å². The van der Waals surface area contributed by atoms with Gasteiger partial charge in [-0.3, -0.25) is 4.79 Å². The first-order valence-corrected chi connectivity index (χ1v) is 7.16. The van der Waals surface area contributed by atoms with Gasteiger partial charge in [-0.1, -0.05) is 41.4 Å². The number of benzene rings is 2. The molecule has 5 heteroatoms. The van der Waals surface area contributed by atoms with E-state index >= 15 is 0 Å². The number of halogens is 1. The Kier molecular flexibility index (Phi) is 5.17. The standard InChI is InChI=1S/C17H16ClNO3/c1-11-2-4-13(5-3-11)17(22)19-15(10-16(20)21)12-6-8-14(18)9-7-12/h2-9,15H,10H2,1H3,(H,19,22)(H,20,21)/p-1/t15-/m0/s1. The molecule has 1 atom stereocenters. The van der Waals surface area contributed by atoms with Gasteiger partial charge in [0, 0.05) is 23.0 Å². The van der Waals surface area contributed by atoms with Gasteiger partial charge in [0.25, 0.3) is 5.91 Å². The predicted molar refractivity (Wildman–Crippen MR) is 82.5 cm³/mol. The molecule has 1 N–H and O–H groups in total. The van der Waals surface area contributed by atoms with Gasteiger partial charge in [0.2, 0.25) is 0 Å². The summed E-state index contributed by atoms with van der Waals surface area (Å²) in [5, 5.41) is 14.2. The van der Waals surface area contributed by atoms with Gasteiger partial charge in [-0.2, -0.15) is 0 Å². The maximum atomic E-state index is 12.2. The Hall–Kier alpha value is -2.33. The van der Waals surface area contributed by atoms with Crippen molar-refractivity contribution >= 4 is 23.5 Å². The average molecular weight is 317 g/mol. The van der Waals surface area contributed by atoms with E-state index in [1.54, 1.807) is 36.4 Å². The number of aryl methyl sites for hydroxylation is 1. The fourth-order valence-electron chi connectivity index (χ4n) is 2.06. The molecule has 114 valence electrons. The van der Waals surface area contributed by atoms with E-state index in [-0.39, 0.29) is 12.3 Å². The van der Waals surface area contributed by atoms with Gasteiger partial charge in [-0.25, -0.2) is 0 Å². The number of nitrogens with one attached hydrogen (secondary N) is 1. The number of carboxylic acid groups (broad SMARTS) is 1. The Morgan fingerprint density at radius 2 is 1.68 bits per heavy atom. The van der Waals surface area contributed by atoms with Crippen LogP contribution in [0.1, 0.15) is 33.9 Å². The predicted octanol–water partition coefficient (Wildman–Crippen LogP) is 2.26. The van der Waals surface area contributed by atoms with E-state index in [9.17, 15) is 14.7 Å². The van der Waals surface area contributed by atoms with Crippen molar-refractivity contribution in [1.82, 2.24) is 5.32 Å². The molecule has 0 saturated heterocycles. The molecular formula is C17H15ClNO3-. The summed E-state index contributed by atoms with van der Waals surface area (Å²) in [5.74, 6) is -1.56. The number of carbonyl (C=O) groups excluding carboxylic acids is 2. The van der Waals surface area contributed by atoms with Crippen LogP contribution >= 0.6 is 11.6 Å². The van der Waals surface area contributed by atoms with Crippen LogP contribution in [0.15, 0.2) is 48.5 Å². The van der Waals surface area contributed by atoms with Gasteiger partial charge in [0.1, 0.15) is 0 Å². The molecule has 1 amide bonds. The molecule has 0 saturated carbocycles. The van der Waals surface area contributed by atoms with E-state index in [1.807, 2.05) is 19.1 Å². The topological polar surface area (TPSA) is 69.2 Å².